The van der Waals surface area contributed by atoms with Gasteiger partial charge in [0.1, 0.15) is 0 Å². The lowest BCUT2D eigenvalue weighted by atomic mass is 9.93. The van der Waals surface area contributed by atoms with Crippen molar-refractivity contribution in [2.45, 2.75) is 26.2 Å². The second-order valence-corrected chi connectivity index (χ2v) is 3.22. The maximum Gasteiger partial charge on any atom is 0.0921 e. The minimum atomic E-state index is 0.205. The molecule has 1 aromatic rings. The number of rotatable bonds is 0. The largest absolute Gasteiger partial charge is 0.400 e. The van der Waals surface area contributed by atoms with Crippen molar-refractivity contribution in [3.05, 3.63) is 18.2 Å². The van der Waals surface area contributed by atoms with E-state index in [2.05, 4.69) is 30.7 Å². The van der Waals surface area contributed by atoms with Gasteiger partial charge in [-0.2, -0.15) is 0 Å². The van der Waals surface area contributed by atoms with Crippen molar-refractivity contribution in [3.8, 4) is 0 Å². The van der Waals surface area contributed by atoms with Crippen molar-refractivity contribution in [2.24, 2.45) is 0 Å². The Morgan fingerprint density at radius 2 is 1.91 bits per heavy atom. The third kappa shape index (κ3) is 3.18. The molecule has 0 unspecified atom stereocenters. The molecule has 3 heteroatoms. The number of aromatic nitrogens is 2. The van der Waals surface area contributed by atoms with Crippen LogP contribution in [0, 0.1) is 0 Å². The van der Waals surface area contributed by atoms with E-state index in [0.29, 0.717) is 0 Å². The van der Waals surface area contributed by atoms with Gasteiger partial charge in [0.2, 0.25) is 0 Å². The van der Waals surface area contributed by atoms with Crippen LogP contribution in [-0.2, 0) is 5.41 Å². The molecule has 0 radical (unpaired) electrons. The van der Waals surface area contributed by atoms with Gasteiger partial charge in [-0.25, -0.2) is 4.98 Å². The quantitative estimate of drug-likeness (QED) is 0.595. The van der Waals surface area contributed by atoms with Crippen LogP contribution >= 0.6 is 0 Å². The highest BCUT2D eigenvalue weighted by atomic mass is 16.2. The fourth-order valence-corrected chi connectivity index (χ4v) is 0.666. The van der Waals surface area contributed by atoms with Gasteiger partial charge in [0.05, 0.1) is 6.33 Å². The molecule has 1 aromatic heterocycles. The van der Waals surface area contributed by atoms with E-state index in [1.54, 1.807) is 6.33 Å². The predicted octanol–water partition coefficient (Wildman–Crippen LogP) is 1.32. The number of nitrogens with one attached hydrogen (secondary N) is 1. The Balaban J connectivity index is 0.000000461. The lowest BCUT2D eigenvalue weighted by Crippen LogP contribution is -2.10. The number of nitrogens with zero attached hydrogens (tertiary/aromatic N) is 1. The van der Waals surface area contributed by atoms with Gasteiger partial charge in [-0.15, -0.1) is 0 Å². The van der Waals surface area contributed by atoms with Crippen molar-refractivity contribution in [2.75, 3.05) is 7.11 Å². The van der Waals surface area contributed by atoms with Gasteiger partial charge >= 0.3 is 0 Å². The number of imidazole rings is 1. The van der Waals surface area contributed by atoms with Crippen molar-refractivity contribution in [1.29, 1.82) is 0 Å². The fourth-order valence-electron chi connectivity index (χ4n) is 0.666. The topological polar surface area (TPSA) is 48.9 Å². The first-order valence-corrected chi connectivity index (χ1v) is 3.54. The van der Waals surface area contributed by atoms with Crippen LogP contribution in [0.5, 0.6) is 0 Å². The van der Waals surface area contributed by atoms with Crippen LogP contribution in [0.15, 0.2) is 12.5 Å². The molecule has 0 fully saturated rings. The monoisotopic (exact) mass is 156 g/mol. The summed E-state index contributed by atoms with van der Waals surface area (Å²) in [6.45, 7) is 6.46. The number of hydrogen-bond acceptors (Lipinski definition) is 2. The molecule has 0 aliphatic rings. The van der Waals surface area contributed by atoms with E-state index < -0.39 is 0 Å². The summed E-state index contributed by atoms with van der Waals surface area (Å²) in [5.41, 5.74) is 1.39. The number of aliphatic hydroxyl groups is 1. The zero-order valence-electron chi connectivity index (χ0n) is 7.55. The minimum Gasteiger partial charge on any atom is -0.400 e. The van der Waals surface area contributed by atoms with E-state index in [4.69, 9.17) is 5.11 Å². The molecule has 0 aromatic carbocycles. The van der Waals surface area contributed by atoms with Crippen molar-refractivity contribution >= 4 is 0 Å². The van der Waals surface area contributed by atoms with Gasteiger partial charge in [0, 0.05) is 24.4 Å². The predicted molar refractivity (Wildman–Crippen MR) is 45.4 cm³/mol. The number of hydrogen-bond donors (Lipinski definition) is 2. The second-order valence-electron chi connectivity index (χ2n) is 3.22. The highest BCUT2D eigenvalue weighted by Gasteiger charge is 2.13. The molecule has 0 atom stereocenters. The summed E-state index contributed by atoms with van der Waals surface area (Å²) in [6, 6.07) is 0. The normalized spacial score (nSPS) is 10.3. The van der Waals surface area contributed by atoms with E-state index in [-0.39, 0.29) is 5.41 Å². The molecule has 3 nitrogen and oxygen atoms in total. The third-order valence-corrected chi connectivity index (χ3v) is 1.31. The van der Waals surface area contributed by atoms with Gasteiger partial charge in [0.25, 0.3) is 0 Å². The van der Waals surface area contributed by atoms with Crippen LogP contribution in [0.3, 0.4) is 0 Å². The van der Waals surface area contributed by atoms with Crippen molar-refractivity contribution in [1.82, 2.24) is 9.97 Å². The molecule has 0 saturated carbocycles. The van der Waals surface area contributed by atoms with Crippen LogP contribution in [0.4, 0.5) is 0 Å². The van der Waals surface area contributed by atoms with E-state index in [1.165, 1.54) is 5.69 Å². The molecule has 0 aliphatic heterocycles. The molecule has 0 aliphatic carbocycles. The molecule has 0 bridgehead atoms. The summed E-state index contributed by atoms with van der Waals surface area (Å²) < 4.78 is 0. The number of aromatic amines is 1. The summed E-state index contributed by atoms with van der Waals surface area (Å²) in [5, 5.41) is 7.00. The average molecular weight is 156 g/mol. The third-order valence-electron chi connectivity index (χ3n) is 1.31. The second kappa shape index (κ2) is 4.13. The Bertz CT molecular complexity index is 174. The smallest absolute Gasteiger partial charge is 0.0921 e. The first-order chi connectivity index (χ1) is 5.11. The van der Waals surface area contributed by atoms with Gasteiger partial charge in [0.15, 0.2) is 0 Å². The molecule has 1 rings (SSSR count). The molecule has 2 N–H and O–H groups in total. The molecular formula is C8H16N2O. The SMILES string of the molecule is CC(C)(C)c1cnc[nH]1.CO. The van der Waals surface area contributed by atoms with Crippen LogP contribution in [0.1, 0.15) is 26.5 Å². The number of H-pyrrole nitrogens is 1. The lowest BCUT2D eigenvalue weighted by Gasteiger charge is -2.14. The molecule has 0 saturated heterocycles. The van der Waals surface area contributed by atoms with Crippen LogP contribution in [0.2, 0.25) is 0 Å². The van der Waals surface area contributed by atoms with E-state index >= 15 is 0 Å². The Morgan fingerprint density at radius 1 is 1.36 bits per heavy atom. The van der Waals surface area contributed by atoms with Gasteiger partial charge < -0.3 is 10.1 Å². The van der Waals surface area contributed by atoms with E-state index in [9.17, 15) is 0 Å². The Kier molecular flexibility index (Phi) is 3.82. The van der Waals surface area contributed by atoms with Gasteiger partial charge in [-0.3, -0.25) is 0 Å². The first-order valence-electron chi connectivity index (χ1n) is 3.54. The highest BCUT2D eigenvalue weighted by Crippen LogP contribution is 2.17. The molecule has 11 heavy (non-hydrogen) atoms. The average Bonchev–Trinajstić information content (AvgIpc) is 2.40. The highest BCUT2D eigenvalue weighted by molar-refractivity contribution is 5.07. The summed E-state index contributed by atoms with van der Waals surface area (Å²) in [4.78, 5) is 7.00. The number of aliphatic hydroxyl groups excluding tert-OH is 1. The fraction of sp³-hybridized carbons (Fsp3) is 0.625. The maximum absolute atomic E-state index is 7.00. The summed E-state index contributed by atoms with van der Waals surface area (Å²) in [5.74, 6) is 0. The first kappa shape index (κ1) is 10.2. The Morgan fingerprint density at radius 3 is 2.09 bits per heavy atom. The van der Waals surface area contributed by atoms with E-state index in [0.717, 1.165) is 7.11 Å². The van der Waals surface area contributed by atoms with Gasteiger partial charge in [-0.1, -0.05) is 20.8 Å². The van der Waals surface area contributed by atoms with Gasteiger partial charge in [-0.05, 0) is 0 Å². The van der Waals surface area contributed by atoms with Crippen molar-refractivity contribution < 1.29 is 5.11 Å². The zero-order valence-corrected chi connectivity index (χ0v) is 7.55. The standard InChI is InChI=1S/C7H12N2.CH4O/c1-7(2,3)6-4-8-5-9-6;1-2/h4-5H,1-3H3,(H,8,9);2H,1H3. The Labute approximate surface area is 67.5 Å². The summed E-state index contributed by atoms with van der Waals surface area (Å²) in [7, 11) is 1.00. The molecule has 0 amide bonds. The summed E-state index contributed by atoms with van der Waals surface area (Å²) in [6.07, 6.45) is 3.57. The van der Waals surface area contributed by atoms with E-state index in [1.807, 2.05) is 6.20 Å². The summed E-state index contributed by atoms with van der Waals surface area (Å²) >= 11 is 0. The van der Waals surface area contributed by atoms with Crippen molar-refractivity contribution in [3.63, 3.8) is 0 Å². The maximum atomic E-state index is 7.00. The molecular weight excluding hydrogens is 140 g/mol. The van der Waals surface area contributed by atoms with Crippen LogP contribution in [-0.4, -0.2) is 22.2 Å². The Hall–Kier alpha value is -0.830. The van der Waals surface area contributed by atoms with Crippen LogP contribution < -0.4 is 0 Å². The molecule has 0 spiro atoms. The van der Waals surface area contributed by atoms with Crippen LogP contribution in [0.25, 0.3) is 0 Å². The molecule has 64 valence electrons. The zero-order chi connectivity index (χ0) is 8.91. The lowest BCUT2D eigenvalue weighted by molar-refractivity contribution is 0.399. The minimum absolute atomic E-state index is 0.205. The molecule has 1 heterocycles.